The third kappa shape index (κ3) is 4.31. The van der Waals surface area contributed by atoms with Gasteiger partial charge in [-0.2, -0.15) is 0 Å². The predicted octanol–water partition coefficient (Wildman–Crippen LogP) is 4.56. The Bertz CT molecular complexity index is 968. The molecule has 2 aromatic carbocycles. The van der Waals surface area contributed by atoms with Crippen LogP contribution in [0.3, 0.4) is 0 Å². The molecular formula is C20H16F2N2O2S. The van der Waals surface area contributed by atoms with Crippen molar-refractivity contribution in [3.8, 4) is 16.3 Å². The Balaban J connectivity index is 1.40. The summed E-state index contributed by atoms with van der Waals surface area (Å²) in [6.45, 7) is -0.0638. The Morgan fingerprint density at radius 1 is 1.19 bits per heavy atom. The maximum Gasteiger partial charge on any atom is 0.270 e. The van der Waals surface area contributed by atoms with Gasteiger partial charge in [-0.15, -0.1) is 11.3 Å². The van der Waals surface area contributed by atoms with Crippen LogP contribution in [0.25, 0.3) is 10.6 Å². The lowest BCUT2D eigenvalue weighted by molar-refractivity contribution is 0.0947. The summed E-state index contributed by atoms with van der Waals surface area (Å²) < 4.78 is 32.3. The molecule has 0 saturated heterocycles. The third-order valence-electron chi connectivity index (χ3n) is 4.15. The van der Waals surface area contributed by atoms with Crippen molar-refractivity contribution in [3.05, 3.63) is 70.7 Å². The van der Waals surface area contributed by atoms with E-state index in [0.29, 0.717) is 17.5 Å². The first kappa shape index (κ1) is 17.6. The van der Waals surface area contributed by atoms with Crippen molar-refractivity contribution in [2.24, 2.45) is 0 Å². The molecule has 0 atom stereocenters. The van der Waals surface area contributed by atoms with Gasteiger partial charge in [0.25, 0.3) is 5.91 Å². The quantitative estimate of drug-likeness (QED) is 0.676. The molecule has 0 radical (unpaired) electrons. The Kier molecular flexibility index (Phi) is 4.85. The summed E-state index contributed by atoms with van der Waals surface area (Å²) >= 11 is 1.39. The molecule has 0 spiro atoms. The van der Waals surface area contributed by atoms with Gasteiger partial charge < -0.3 is 10.1 Å². The second-order valence-corrected chi connectivity index (χ2v) is 7.19. The zero-order valence-corrected chi connectivity index (χ0v) is 15.1. The number of carbonyl (C=O) groups excluding carboxylic acids is 1. The SMILES string of the molecule is O=C(NC1CC1)c1csc(-c2ccc(OCc3cc(F)ccc3F)cc2)n1. The fourth-order valence-corrected chi connectivity index (χ4v) is 3.31. The number of nitrogens with one attached hydrogen (secondary N) is 1. The number of carbonyl (C=O) groups is 1. The zero-order chi connectivity index (χ0) is 18.8. The highest BCUT2D eigenvalue weighted by Gasteiger charge is 2.24. The van der Waals surface area contributed by atoms with Gasteiger partial charge in [-0.1, -0.05) is 0 Å². The van der Waals surface area contributed by atoms with E-state index in [1.165, 1.54) is 11.3 Å². The van der Waals surface area contributed by atoms with E-state index in [0.717, 1.165) is 41.6 Å². The molecule has 0 unspecified atom stereocenters. The van der Waals surface area contributed by atoms with E-state index in [4.69, 9.17) is 4.74 Å². The average Bonchev–Trinajstić information content (AvgIpc) is 3.34. The number of benzene rings is 2. The number of thiazole rings is 1. The minimum Gasteiger partial charge on any atom is -0.489 e. The first-order valence-electron chi connectivity index (χ1n) is 8.52. The lowest BCUT2D eigenvalue weighted by atomic mass is 10.2. The van der Waals surface area contributed by atoms with E-state index in [1.54, 1.807) is 17.5 Å². The molecule has 0 aliphatic heterocycles. The molecule has 138 valence electrons. The number of halogens is 2. The maximum absolute atomic E-state index is 13.6. The van der Waals surface area contributed by atoms with Crippen LogP contribution in [-0.4, -0.2) is 16.9 Å². The van der Waals surface area contributed by atoms with Crippen LogP contribution in [-0.2, 0) is 6.61 Å². The first-order chi connectivity index (χ1) is 13.1. The van der Waals surface area contributed by atoms with Gasteiger partial charge in [0.15, 0.2) is 0 Å². The van der Waals surface area contributed by atoms with E-state index >= 15 is 0 Å². The van der Waals surface area contributed by atoms with Crippen molar-refractivity contribution >= 4 is 17.2 Å². The topological polar surface area (TPSA) is 51.2 Å². The lowest BCUT2D eigenvalue weighted by Gasteiger charge is -2.08. The van der Waals surface area contributed by atoms with Gasteiger partial charge in [0.2, 0.25) is 0 Å². The van der Waals surface area contributed by atoms with Crippen LogP contribution in [0.15, 0.2) is 47.8 Å². The molecule has 1 saturated carbocycles. The lowest BCUT2D eigenvalue weighted by Crippen LogP contribution is -2.25. The van der Waals surface area contributed by atoms with E-state index in [2.05, 4.69) is 10.3 Å². The van der Waals surface area contributed by atoms with Crippen LogP contribution in [0.2, 0.25) is 0 Å². The Morgan fingerprint density at radius 2 is 1.96 bits per heavy atom. The molecule has 7 heteroatoms. The second kappa shape index (κ2) is 7.44. The summed E-state index contributed by atoms with van der Waals surface area (Å²) in [6.07, 6.45) is 2.06. The van der Waals surface area contributed by atoms with Crippen LogP contribution in [0.5, 0.6) is 5.75 Å². The molecule has 1 aliphatic carbocycles. The van der Waals surface area contributed by atoms with Crippen molar-refractivity contribution in [2.45, 2.75) is 25.5 Å². The van der Waals surface area contributed by atoms with Crippen molar-refractivity contribution in [3.63, 3.8) is 0 Å². The van der Waals surface area contributed by atoms with Crippen molar-refractivity contribution in [1.29, 1.82) is 0 Å². The Morgan fingerprint density at radius 3 is 2.70 bits per heavy atom. The smallest absolute Gasteiger partial charge is 0.270 e. The van der Waals surface area contributed by atoms with Crippen LogP contribution < -0.4 is 10.1 Å². The van der Waals surface area contributed by atoms with E-state index in [-0.39, 0.29) is 18.1 Å². The molecule has 4 nitrogen and oxygen atoms in total. The van der Waals surface area contributed by atoms with E-state index in [1.807, 2.05) is 12.1 Å². The number of hydrogen-bond acceptors (Lipinski definition) is 4. The third-order valence-corrected chi connectivity index (χ3v) is 5.04. The molecular weight excluding hydrogens is 370 g/mol. The van der Waals surface area contributed by atoms with E-state index < -0.39 is 11.6 Å². The van der Waals surface area contributed by atoms with Crippen LogP contribution in [0, 0.1) is 11.6 Å². The average molecular weight is 386 g/mol. The van der Waals surface area contributed by atoms with Crippen molar-refractivity contribution in [2.75, 3.05) is 0 Å². The van der Waals surface area contributed by atoms with Crippen LogP contribution >= 0.6 is 11.3 Å². The van der Waals surface area contributed by atoms with E-state index in [9.17, 15) is 13.6 Å². The van der Waals surface area contributed by atoms with Gasteiger partial charge in [0, 0.05) is 22.5 Å². The number of hydrogen-bond donors (Lipinski definition) is 1. The molecule has 1 fully saturated rings. The molecule has 0 bridgehead atoms. The summed E-state index contributed by atoms with van der Waals surface area (Å²) in [5, 5.41) is 5.39. The highest BCUT2D eigenvalue weighted by Crippen LogP contribution is 2.27. The van der Waals surface area contributed by atoms with Crippen molar-refractivity contribution < 1.29 is 18.3 Å². The minimum atomic E-state index is -0.507. The molecule has 3 aromatic rings. The molecule has 1 N–H and O–H groups in total. The number of ether oxygens (including phenoxy) is 1. The molecule has 4 rings (SSSR count). The summed E-state index contributed by atoms with van der Waals surface area (Å²) in [4.78, 5) is 16.4. The minimum absolute atomic E-state index is 0.0638. The van der Waals surface area contributed by atoms with Gasteiger partial charge in [0.1, 0.15) is 34.7 Å². The molecule has 27 heavy (non-hydrogen) atoms. The highest BCUT2D eigenvalue weighted by atomic mass is 32.1. The summed E-state index contributed by atoms with van der Waals surface area (Å²) in [7, 11) is 0. The van der Waals surface area contributed by atoms with Gasteiger partial charge >= 0.3 is 0 Å². The van der Waals surface area contributed by atoms with Crippen molar-refractivity contribution in [1.82, 2.24) is 10.3 Å². The van der Waals surface area contributed by atoms with Crippen LogP contribution in [0.1, 0.15) is 28.9 Å². The number of rotatable bonds is 6. The van der Waals surface area contributed by atoms with Gasteiger partial charge in [0.05, 0.1) is 0 Å². The number of aromatic nitrogens is 1. The largest absolute Gasteiger partial charge is 0.489 e. The standard InChI is InChI=1S/C20H16F2N2O2S/c21-14-3-8-17(22)13(9-14)10-26-16-6-1-12(2-7-16)20-24-18(11-27-20)19(25)23-15-4-5-15/h1-3,6-9,11,15H,4-5,10H2,(H,23,25). The van der Waals surface area contributed by atoms with Gasteiger partial charge in [-0.25, -0.2) is 13.8 Å². The zero-order valence-electron chi connectivity index (χ0n) is 14.2. The molecule has 1 heterocycles. The maximum atomic E-state index is 13.6. The summed E-state index contributed by atoms with van der Waals surface area (Å²) in [5.41, 5.74) is 1.43. The summed E-state index contributed by atoms with van der Waals surface area (Å²) in [5.74, 6) is -0.619. The fourth-order valence-electron chi connectivity index (χ4n) is 2.51. The first-order valence-corrected chi connectivity index (χ1v) is 9.40. The monoisotopic (exact) mass is 386 g/mol. The fraction of sp³-hybridized carbons (Fsp3) is 0.200. The normalized spacial score (nSPS) is 13.4. The molecule has 1 aromatic heterocycles. The second-order valence-electron chi connectivity index (χ2n) is 6.33. The van der Waals surface area contributed by atoms with Gasteiger partial charge in [-0.3, -0.25) is 4.79 Å². The van der Waals surface area contributed by atoms with Crippen LogP contribution in [0.4, 0.5) is 8.78 Å². The Hall–Kier alpha value is -2.80. The molecule has 1 aliphatic rings. The van der Waals surface area contributed by atoms with Gasteiger partial charge in [-0.05, 0) is 55.3 Å². The summed E-state index contributed by atoms with van der Waals surface area (Å²) in [6, 6.07) is 10.7. The number of amides is 1. The highest BCUT2D eigenvalue weighted by molar-refractivity contribution is 7.13. The molecule has 1 amide bonds. The predicted molar refractivity (Wildman–Crippen MR) is 98.7 cm³/mol. The Labute approximate surface area is 158 Å². The number of nitrogens with zero attached hydrogens (tertiary/aromatic N) is 1.